The number of aliphatic hydroxyl groups excluding tert-OH is 4. The molecule has 1 saturated heterocycles. The third kappa shape index (κ3) is 3.11. The quantitative estimate of drug-likeness (QED) is 0.347. The zero-order valence-corrected chi connectivity index (χ0v) is 8.26. The molecule has 0 saturated carbocycles. The van der Waals surface area contributed by atoms with Gasteiger partial charge in [-0.25, -0.2) is 4.79 Å². The minimum absolute atomic E-state index is 0.311. The van der Waals surface area contributed by atoms with Gasteiger partial charge in [0.05, 0.1) is 6.61 Å². The molecule has 0 spiro atoms. The van der Waals surface area contributed by atoms with Crippen LogP contribution in [0.2, 0.25) is 0 Å². The van der Waals surface area contributed by atoms with Crippen LogP contribution in [0.15, 0.2) is 0 Å². The Kier molecular flexibility index (Phi) is 4.59. The molecule has 0 amide bonds. The summed E-state index contributed by atoms with van der Waals surface area (Å²) in [5.41, 5.74) is 0. The minimum atomic E-state index is -1.64. The van der Waals surface area contributed by atoms with E-state index in [0.717, 1.165) is 0 Å². The predicted molar refractivity (Wildman–Crippen MR) is 47.4 cm³/mol. The van der Waals surface area contributed by atoms with Gasteiger partial charge in [0, 0.05) is 0 Å². The number of rotatable bonds is 4. The second kappa shape index (κ2) is 5.53. The summed E-state index contributed by atoms with van der Waals surface area (Å²) in [6.45, 7) is -0.893. The van der Waals surface area contributed by atoms with Crippen molar-refractivity contribution in [3.8, 4) is 0 Å². The van der Waals surface area contributed by atoms with Crippen molar-refractivity contribution in [3.05, 3.63) is 0 Å². The van der Waals surface area contributed by atoms with E-state index in [1.807, 2.05) is 0 Å². The monoisotopic (exact) mass is 238 g/mol. The van der Waals surface area contributed by atoms with E-state index in [2.05, 4.69) is 4.74 Å². The summed E-state index contributed by atoms with van der Waals surface area (Å²) in [6.07, 6.45) is -7.36. The lowest BCUT2D eigenvalue weighted by atomic mass is 9.99. The average Bonchev–Trinajstić information content (AvgIpc) is 2.22. The molecule has 8 heteroatoms. The number of carbonyl (C=O) groups is 1. The molecule has 16 heavy (non-hydrogen) atoms. The van der Waals surface area contributed by atoms with E-state index in [4.69, 9.17) is 20.1 Å². The summed E-state index contributed by atoms with van der Waals surface area (Å²) in [5, 5.41) is 45.2. The molecule has 0 radical (unpaired) electrons. The Morgan fingerprint density at radius 1 is 1.12 bits per heavy atom. The summed E-state index contributed by atoms with van der Waals surface area (Å²) in [5.74, 6) is -1.19. The second-order valence-electron chi connectivity index (χ2n) is 3.45. The van der Waals surface area contributed by atoms with Crippen molar-refractivity contribution in [2.24, 2.45) is 0 Å². The maximum Gasteiger partial charge on any atom is 0.329 e. The summed E-state index contributed by atoms with van der Waals surface area (Å²) in [7, 11) is 0. The van der Waals surface area contributed by atoms with Gasteiger partial charge in [-0.05, 0) is 0 Å². The van der Waals surface area contributed by atoms with Gasteiger partial charge >= 0.3 is 5.97 Å². The van der Waals surface area contributed by atoms with E-state index < -0.39 is 43.3 Å². The highest BCUT2D eigenvalue weighted by Crippen LogP contribution is 2.19. The molecule has 5 atom stereocenters. The first-order valence-corrected chi connectivity index (χ1v) is 4.60. The molecule has 1 heterocycles. The molecule has 0 aliphatic carbocycles. The van der Waals surface area contributed by atoms with Gasteiger partial charge in [0.25, 0.3) is 0 Å². The van der Waals surface area contributed by atoms with E-state index >= 15 is 0 Å². The van der Waals surface area contributed by atoms with Gasteiger partial charge < -0.3 is 35.0 Å². The Morgan fingerprint density at radius 2 is 1.75 bits per heavy atom. The van der Waals surface area contributed by atoms with E-state index in [9.17, 15) is 15.0 Å². The van der Waals surface area contributed by atoms with Crippen LogP contribution >= 0.6 is 0 Å². The van der Waals surface area contributed by atoms with Gasteiger partial charge in [-0.2, -0.15) is 0 Å². The zero-order chi connectivity index (χ0) is 12.3. The molecular weight excluding hydrogens is 224 g/mol. The molecule has 0 aromatic heterocycles. The number of hydrogen-bond acceptors (Lipinski definition) is 7. The Hall–Kier alpha value is -0.770. The molecule has 5 N–H and O–H groups in total. The molecule has 0 aromatic carbocycles. The highest BCUT2D eigenvalue weighted by molar-refractivity contribution is 5.67. The van der Waals surface area contributed by atoms with Gasteiger partial charge in [0.15, 0.2) is 6.29 Å². The van der Waals surface area contributed by atoms with Crippen molar-refractivity contribution in [1.82, 2.24) is 0 Å². The van der Waals surface area contributed by atoms with Crippen molar-refractivity contribution in [2.75, 3.05) is 13.2 Å². The summed E-state index contributed by atoms with van der Waals surface area (Å²) < 4.78 is 9.39. The van der Waals surface area contributed by atoms with Gasteiger partial charge in [-0.15, -0.1) is 0 Å². The lowest BCUT2D eigenvalue weighted by molar-refractivity contribution is -0.288. The van der Waals surface area contributed by atoms with E-state index in [1.165, 1.54) is 0 Å². The standard InChI is InChI=1S/C8H14O8/c9-4(10)2-15-1-3-5(11)6(12)7(13)8(14)16-3/h3,5-8,11-14H,1-2H2,(H,9,10). The van der Waals surface area contributed by atoms with Crippen LogP contribution in [0.4, 0.5) is 0 Å². The molecule has 5 unspecified atom stereocenters. The summed E-state index contributed by atoms with van der Waals surface area (Å²) >= 11 is 0. The van der Waals surface area contributed by atoms with E-state index in [1.54, 1.807) is 0 Å². The third-order valence-electron chi connectivity index (χ3n) is 2.19. The molecule has 1 rings (SSSR count). The van der Waals surface area contributed by atoms with Gasteiger partial charge in [0.1, 0.15) is 31.0 Å². The van der Waals surface area contributed by atoms with Crippen molar-refractivity contribution in [1.29, 1.82) is 0 Å². The fourth-order valence-corrected chi connectivity index (χ4v) is 1.33. The van der Waals surface area contributed by atoms with Crippen LogP contribution in [0.1, 0.15) is 0 Å². The van der Waals surface area contributed by atoms with Crippen LogP contribution < -0.4 is 0 Å². The minimum Gasteiger partial charge on any atom is -0.480 e. The van der Waals surface area contributed by atoms with Crippen LogP contribution in [-0.4, -0.2) is 75.4 Å². The van der Waals surface area contributed by atoms with Crippen LogP contribution in [0.5, 0.6) is 0 Å². The lowest BCUT2D eigenvalue weighted by Crippen LogP contribution is -2.58. The maximum atomic E-state index is 10.1. The number of ether oxygens (including phenoxy) is 2. The van der Waals surface area contributed by atoms with Crippen LogP contribution in [0, 0.1) is 0 Å². The van der Waals surface area contributed by atoms with E-state index in [0.29, 0.717) is 0 Å². The average molecular weight is 238 g/mol. The zero-order valence-electron chi connectivity index (χ0n) is 8.26. The fourth-order valence-electron chi connectivity index (χ4n) is 1.33. The third-order valence-corrected chi connectivity index (χ3v) is 2.19. The fraction of sp³-hybridized carbons (Fsp3) is 0.875. The number of aliphatic carboxylic acids is 1. The molecule has 0 aromatic rings. The van der Waals surface area contributed by atoms with Gasteiger partial charge in [-0.1, -0.05) is 0 Å². The smallest absolute Gasteiger partial charge is 0.329 e. The van der Waals surface area contributed by atoms with Crippen LogP contribution in [-0.2, 0) is 14.3 Å². The number of carboxylic acid groups (broad SMARTS) is 1. The SMILES string of the molecule is O=C(O)COCC1OC(O)C(O)C(O)C1O. The Morgan fingerprint density at radius 3 is 2.31 bits per heavy atom. The normalized spacial score (nSPS) is 39.6. The van der Waals surface area contributed by atoms with E-state index in [-0.39, 0.29) is 6.61 Å². The molecule has 1 aliphatic heterocycles. The van der Waals surface area contributed by atoms with Crippen molar-refractivity contribution in [3.63, 3.8) is 0 Å². The topological polar surface area (TPSA) is 137 Å². The maximum absolute atomic E-state index is 10.1. The van der Waals surface area contributed by atoms with Crippen LogP contribution in [0.3, 0.4) is 0 Å². The number of hydrogen-bond donors (Lipinski definition) is 5. The predicted octanol–water partition coefficient (Wildman–Crippen LogP) is -3.11. The first-order valence-electron chi connectivity index (χ1n) is 4.60. The lowest BCUT2D eigenvalue weighted by Gasteiger charge is -2.38. The summed E-state index contributed by atoms with van der Waals surface area (Å²) in [4.78, 5) is 10.1. The molecule has 1 fully saturated rings. The second-order valence-corrected chi connectivity index (χ2v) is 3.45. The molecule has 8 nitrogen and oxygen atoms in total. The van der Waals surface area contributed by atoms with Crippen molar-refractivity contribution in [2.45, 2.75) is 30.7 Å². The molecule has 1 aliphatic rings. The Balaban J connectivity index is 2.44. The Labute approximate surface area is 90.6 Å². The number of carboxylic acids is 1. The van der Waals surface area contributed by atoms with Gasteiger partial charge in [0.2, 0.25) is 0 Å². The highest BCUT2D eigenvalue weighted by Gasteiger charge is 2.42. The van der Waals surface area contributed by atoms with Crippen molar-refractivity contribution < 1.29 is 39.8 Å². The first kappa shape index (κ1) is 13.3. The molecule has 0 bridgehead atoms. The largest absolute Gasteiger partial charge is 0.480 e. The highest BCUT2D eigenvalue weighted by atomic mass is 16.6. The first-order chi connectivity index (χ1) is 7.43. The van der Waals surface area contributed by atoms with Crippen molar-refractivity contribution >= 4 is 5.97 Å². The number of aliphatic hydroxyl groups is 4. The molecule has 94 valence electrons. The van der Waals surface area contributed by atoms with Gasteiger partial charge in [-0.3, -0.25) is 0 Å². The Bertz CT molecular complexity index is 244. The van der Waals surface area contributed by atoms with Crippen LogP contribution in [0.25, 0.3) is 0 Å². The molecular formula is C8H14O8. The summed E-state index contributed by atoms with van der Waals surface area (Å²) in [6, 6.07) is 0.